The molecule has 0 fully saturated rings. The van der Waals surface area contributed by atoms with Gasteiger partial charge in [0.25, 0.3) is 0 Å². The summed E-state index contributed by atoms with van der Waals surface area (Å²) in [4.78, 5) is 11.2. The lowest BCUT2D eigenvalue weighted by Crippen LogP contribution is -2.39. The first-order valence-electron chi connectivity index (χ1n) is 5.32. The average molecular weight is 275 g/mol. The number of aryl methyl sites for hydroxylation is 1. The van der Waals surface area contributed by atoms with Crippen molar-refractivity contribution in [3.05, 3.63) is 6.20 Å². The molecule has 0 bridgehead atoms. The molecule has 0 saturated heterocycles. The lowest BCUT2D eigenvalue weighted by molar-refractivity contribution is -0.120. The van der Waals surface area contributed by atoms with Crippen LogP contribution in [0.1, 0.15) is 6.92 Å². The van der Waals surface area contributed by atoms with Crippen molar-refractivity contribution in [3.63, 3.8) is 0 Å². The highest BCUT2D eigenvalue weighted by molar-refractivity contribution is 7.89. The molecule has 1 heterocycles. The molecule has 102 valence electrons. The number of carbonyl (C=O) groups excluding carboxylic acids is 1. The van der Waals surface area contributed by atoms with Gasteiger partial charge in [0.1, 0.15) is 4.90 Å². The van der Waals surface area contributed by atoms with Gasteiger partial charge in [-0.25, -0.2) is 8.42 Å². The van der Waals surface area contributed by atoms with E-state index in [-0.39, 0.29) is 29.7 Å². The van der Waals surface area contributed by atoms with Crippen molar-refractivity contribution in [3.8, 4) is 0 Å². The van der Waals surface area contributed by atoms with E-state index in [4.69, 9.17) is 5.73 Å². The smallest absolute Gasteiger partial charge is 0.248 e. The second-order valence-electron chi connectivity index (χ2n) is 3.66. The number of sulfonamides is 1. The zero-order valence-corrected chi connectivity index (χ0v) is 11.4. The molecule has 0 atom stereocenters. The molecule has 1 amide bonds. The van der Waals surface area contributed by atoms with Gasteiger partial charge in [0.15, 0.2) is 5.82 Å². The predicted octanol–water partition coefficient (Wildman–Crippen LogP) is -1.24. The summed E-state index contributed by atoms with van der Waals surface area (Å²) in [6, 6.07) is 0. The molecular formula is C9H17N5O3S. The number of anilines is 1. The highest BCUT2D eigenvalue weighted by atomic mass is 32.2. The van der Waals surface area contributed by atoms with Crippen LogP contribution in [-0.4, -0.2) is 48.5 Å². The molecule has 0 aliphatic rings. The van der Waals surface area contributed by atoms with Crippen molar-refractivity contribution in [2.24, 2.45) is 7.05 Å². The van der Waals surface area contributed by atoms with Crippen LogP contribution in [0.15, 0.2) is 11.1 Å². The Labute approximate surface area is 106 Å². The molecular weight excluding hydrogens is 258 g/mol. The molecule has 0 aliphatic carbocycles. The number of likely N-dealkylation sites (N-methyl/N-ethyl adjacent to an activating group) is 2. The minimum absolute atomic E-state index is 0.0761. The molecule has 8 nitrogen and oxygen atoms in total. The molecule has 9 heteroatoms. The number of nitrogen functional groups attached to an aromatic ring is 1. The number of nitrogens with two attached hydrogens (primary N) is 1. The van der Waals surface area contributed by atoms with Gasteiger partial charge in [-0.3, -0.25) is 9.48 Å². The molecule has 0 saturated carbocycles. The zero-order valence-electron chi connectivity index (χ0n) is 10.5. The molecule has 0 aromatic carbocycles. The van der Waals surface area contributed by atoms with Crippen LogP contribution in [0.2, 0.25) is 0 Å². The van der Waals surface area contributed by atoms with E-state index in [9.17, 15) is 13.2 Å². The summed E-state index contributed by atoms with van der Waals surface area (Å²) in [7, 11) is -0.782. The number of hydrogen-bond acceptors (Lipinski definition) is 5. The van der Waals surface area contributed by atoms with Gasteiger partial charge < -0.3 is 11.1 Å². The molecule has 0 unspecified atom stereocenters. The van der Waals surface area contributed by atoms with Crippen LogP contribution in [0, 0.1) is 0 Å². The van der Waals surface area contributed by atoms with E-state index in [2.05, 4.69) is 10.4 Å². The van der Waals surface area contributed by atoms with Crippen LogP contribution in [0.4, 0.5) is 5.82 Å². The Balaban J connectivity index is 3.11. The number of aromatic nitrogens is 2. The summed E-state index contributed by atoms with van der Waals surface area (Å²) in [6.45, 7) is 1.57. The Morgan fingerprint density at radius 2 is 2.22 bits per heavy atom. The third-order valence-corrected chi connectivity index (χ3v) is 4.33. The Morgan fingerprint density at radius 3 is 2.61 bits per heavy atom. The van der Waals surface area contributed by atoms with Crippen molar-refractivity contribution in [2.75, 3.05) is 25.9 Å². The normalized spacial score (nSPS) is 11.8. The fraction of sp³-hybridized carbons (Fsp3) is 0.556. The number of hydrogen-bond donors (Lipinski definition) is 2. The van der Waals surface area contributed by atoms with E-state index in [0.29, 0.717) is 0 Å². The molecule has 0 aliphatic heterocycles. The largest absolute Gasteiger partial charge is 0.381 e. The van der Waals surface area contributed by atoms with Gasteiger partial charge in [-0.2, -0.15) is 9.40 Å². The SMILES string of the molecule is CCN(CC(=O)NC)S(=O)(=O)c1cn(C)nc1N. The van der Waals surface area contributed by atoms with Gasteiger partial charge in [0.2, 0.25) is 15.9 Å². The first-order chi connectivity index (χ1) is 8.32. The first-order valence-corrected chi connectivity index (χ1v) is 6.76. The monoisotopic (exact) mass is 275 g/mol. The summed E-state index contributed by atoms with van der Waals surface area (Å²) >= 11 is 0. The Morgan fingerprint density at radius 1 is 1.61 bits per heavy atom. The van der Waals surface area contributed by atoms with E-state index >= 15 is 0 Å². The van der Waals surface area contributed by atoms with Crippen LogP contribution in [0.25, 0.3) is 0 Å². The molecule has 3 N–H and O–H groups in total. The maximum absolute atomic E-state index is 12.3. The summed E-state index contributed by atoms with van der Waals surface area (Å²) < 4.78 is 26.9. The number of amides is 1. The van der Waals surface area contributed by atoms with E-state index in [0.717, 1.165) is 4.31 Å². The summed E-state index contributed by atoms with van der Waals surface area (Å²) in [6.07, 6.45) is 1.32. The second-order valence-corrected chi connectivity index (χ2v) is 5.56. The fourth-order valence-corrected chi connectivity index (χ4v) is 2.92. The van der Waals surface area contributed by atoms with E-state index in [1.165, 1.54) is 17.9 Å². The Bertz CT molecular complexity index is 536. The van der Waals surface area contributed by atoms with Crippen LogP contribution >= 0.6 is 0 Å². The lowest BCUT2D eigenvalue weighted by atomic mass is 10.5. The van der Waals surface area contributed by atoms with Gasteiger partial charge in [0.05, 0.1) is 6.54 Å². The quantitative estimate of drug-likeness (QED) is 0.698. The number of nitrogens with zero attached hydrogens (tertiary/aromatic N) is 3. The van der Waals surface area contributed by atoms with Crippen LogP contribution in [-0.2, 0) is 21.9 Å². The van der Waals surface area contributed by atoms with Crippen LogP contribution < -0.4 is 11.1 Å². The van der Waals surface area contributed by atoms with Crippen molar-refractivity contribution in [2.45, 2.75) is 11.8 Å². The van der Waals surface area contributed by atoms with Gasteiger partial charge >= 0.3 is 0 Å². The summed E-state index contributed by atoms with van der Waals surface area (Å²) in [5.41, 5.74) is 5.54. The Hall–Kier alpha value is -1.61. The van der Waals surface area contributed by atoms with Crippen LogP contribution in [0.3, 0.4) is 0 Å². The topological polar surface area (TPSA) is 110 Å². The van der Waals surface area contributed by atoms with E-state index in [1.807, 2.05) is 0 Å². The van der Waals surface area contributed by atoms with Crippen molar-refractivity contribution >= 4 is 21.7 Å². The third kappa shape index (κ3) is 2.79. The van der Waals surface area contributed by atoms with Gasteiger partial charge in [0, 0.05) is 26.8 Å². The average Bonchev–Trinajstić information content (AvgIpc) is 2.65. The van der Waals surface area contributed by atoms with Crippen molar-refractivity contribution < 1.29 is 13.2 Å². The number of rotatable bonds is 5. The summed E-state index contributed by atoms with van der Waals surface area (Å²) in [5.74, 6) is -0.462. The standard InChI is InChI=1S/C9H17N5O3S/c1-4-14(6-8(15)11-2)18(16,17)7-5-13(3)12-9(7)10/h5H,4,6H2,1-3H3,(H2,10,12)(H,11,15). The Kier molecular flexibility index (Phi) is 4.30. The zero-order chi connectivity index (χ0) is 13.9. The lowest BCUT2D eigenvalue weighted by Gasteiger charge is -2.18. The molecule has 1 aromatic heterocycles. The van der Waals surface area contributed by atoms with Gasteiger partial charge in [-0.15, -0.1) is 0 Å². The minimum atomic E-state index is -3.80. The second kappa shape index (κ2) is 5.36. The number of nitrogens with one attached hydrogen (secondary N) is 1. The van der Waals surface area contributed by atoms with E-state index < -0.39 is 10.0 Å². The number of carbonyl (C=O) groups is 1. The van der Waals surface area contributed by atoms with Crippen molar-refractivity contribution in [1.29, 1.82) is 0 Å². The molecule has 0 spiro atoms. The fourth-order valence-electron chi connectivity index (χ4n) is 1.43. The van der Waals surface area contributed by atoms with Crippen LogP contribution in [0.5, 0.6) is 0 Å². The first kappa shape index (κ1) is 14.5. The molecule has 0 radical (unpaired) electrons. The predicted molar refractivity (Wildman–Crippen MR) is 66.1 cm³/mol. The minimum Gasteiger partial charge on any atom is -0.381 e. The highest BCUT2D eigenvalue weighted by Crippen LogP contribution is 2.20. The van der Waals surface area contributed by atoms with Gasteiger partial charge in [-0.1, -0.05) is 6.92 Å². The highest BCUT2D eigenvalue weighted by Gasteiger charge is 2.28. The maximum Gasteiger partial charge on any atom is 0.248 e. The maximum atomic E-state index is 12.3. The van der Waals surface area contributed by atoms with Gasteiger partial charge in [-0.05, 0) is 0 Å². The molecule has 1 rings (SSSR count). The molecule has 1 aromatic rings. The summed E-state index contributed by atoms with van der Waals surface area (Å²) in [5, 5.41) is 6.16. The van der Waals surface area contributed by atoms with Crippen molar-refractivity contribution in [1.82, 2.24) is 19.4 Å². The third-order valence-electron chi connectivity index (χ3n) is 2.39. The van der Waals surface area contributed by atoms with E-state index in [1.54, 1.807) is 14.0 Å². The molecule has 18 heavy (non-hydrogen) atoms.